The van der Waals surface area contributed by atoms with Gasteiger partial charge in [-0.05, 0) is 36.8 Å². The van der Waals surface area contributed by atoms with Gasteiger partial charge in [-0.1, -0.05) is 12.8 Å². The first-order chi connectivity index (χ1) is 8.22. The Bertz CT molecular complexity index is 400. The number of non-ortho nitro benzene ring substituents is 1. The second-order valence-corrected chi connectivity index (χ2v) is 4.56. The molecule has 0 unspecified atom stereocenters. The summed E-state index contributed by atoms with van der Waals surface area (Å²) in [4.78, 5) is 10.6. The van der Waals surface area contributed by atoms with Crippen LogP contribution in [0.1, 0.15) is 36.8 Å². The lowest BCUT2D eigenvalue weighted by Crippen LogP contribution is -2.02. The van der Waals surface area contributed by atoms with Gasteiger partial charge in [0.2, 0.25) is 0 Å². The van der Waals surface area contributed by atoms with Crippen molar-refractivity contribution in [3.8, 4) is 0 Å². The summed E-state index contributed by atoms with van der Waals surface area (Å²) in [6.45, 7) is 0. The Labute approximate surface area is 101 Å². The fraction of sp³-hybridized carbons (Fsp3) is 0.538. The van der Waals surface area contributed by atoms with Gasteiger partial charge < -0.3 is 5.32 Å². The molecule has 92 valence electrons. The van der Waals surface area contributed by atoms with Crippen LogP contribution in [0, 0.1) is 10.1 Å². The van der Waals surface area contributed by atoms with Crippen LogP contribution in [-0.4, -0.2) is 12.0 Å². The number of benzene rings is 1. The molecule has 4 heteroatoms. The minimum atomic E-state index is -0.287. The van der Waals surface area contributed by atoms with Crippen molar-refractivity contribution in [2.75, 3.05) is 12.4 Å². The molecule has 0 heterocycles. The standard InChI is InChI=1S/C13H18N2O2/c1-14-13-10-6-4-2-3-5-7-11(13)9-12(8-10)15(16)17/h8-9,14H,2-7H2,1H3. The molecule has 0 aliphatic heterocycles. The number of aryl methyl sites for hydroxylation is 2. The van der Waals surface area contributed by atoms with E-state index in [4.69, 9.17) is 0 Å². The fourth-order valence-electron chi connectivity index (χ4n) is 2.55. The Balaban J connectivity index is 2.49. The maximum absolute atomic E-state index is 10.9. The van der Waals surface area contributed by atoms with Crippen molar-refractivity contribution in [2.24, 2.45) is 0 Å². The summed E-state index contributed by atoms with van der Waals surface area (Å²) in [6, 6.07) is 3.45. The van der Waals surface area contributed by atoms with E-state index in [1.165, 1.54) is 12.8 Å². The molecule has 4 nitrogen and oxygen atoms in total. The summed E-state index contributed by atoms with van der Waals surface area (Å²) in [5.74, 6) is 0. The summed E-state index contributed by atoms with van der Waals surface area (Å²) in [7, 11) is 1.89. The van der Waals surface area contributed by atoms with Crippen LogP contribution in [0.4, 0.5) is 11.4 Å². The van der Waals surface area contributed by atoms with Crippen molar-refractivity contribution in [3.05, 3.63) is 33.4 Å². The predicted octanol–water partition coefficient (Wildman–Crippen LogP) is 3.30. The van der Waals surface area contributed by atoms with Crippen LogP contribution in [-0.2, 0) is 12.8 Å². The molecule has 1 aliphatic carbocycles. The second kappa shape index (κ2) is 5.17. The van der Waals surface area contributed by atoms with Gasteiger partial charge in [0.25, 0.3) is 5.69 Å². The Morgan fingerprint density at radius 3 is 2.06 bits per heavy atom. The van der Waals surface area contributed by atoms with E-state index in [2.05, 4.69) is 5.32 Å². The van der Waals surface area contributed by atoms with Crippen molar-refractivity contribution >= 4 is 11.4 Å². The van der Waals surface area contributed by atoms with E-state index < -0.39 is 0 Å². The zero-order chi connectivity index (χ0) is 12.3. The summed E-state index contributed by atoms with van der Waals surface area (Å²) >= 11 is 0. The Morgan fingerprint density at radius 1 is 1.12 bits per heavy atom. The molecular formula is C13H18N2O2. The van der Waals surface area contributed by atoms with Gasteiger partial charge in [0.1, 0.15) is 0 Å². The smallest absolute Gasteiger partial charge is 0.270 e. The van der Waals surface area contributed by atoms with E-state index in [1.807, 2.05) is 7.05 Å². The highest BCUT2D eigenvalue weighted by molar-refractivity contribution is 5.62. The van der Waals surface area contributed by atoms with Gasteiger partial charge >= 0.3 is 0 Å². The topological polar surface area (TPSA) is 55.2 Å². The normalized spacial score (nSPS) is 15.6. The van der Waals surface area contributed by atoms with Crippen LogP contribution in [0.5, 0.6) is 0 Å². The molecule has 1 N–H and O–H groups in total. The van der Waals surface area contributed by atoms with Crippen LogP contribution in [0.15, 0.2) is 12.1 Å². The van der Waals surface area contributed by atoms with E-state index in [1.54, 1.807) is 12.1 Å². The molecule has 0 aromatic heterocycles. The average molecular weight is 234 g/mol. The molecule has 0 spiro atoms. The Hall–Kier alpha value is -1.58. The maximum atomic E-state index is 10.9. The third kappa shape index (κ3) is 2.57. The number of nitro benzene ring substituents is 1. The molecule has 0 fully saturated rings. The number of hydrogen-bond donors (Lipinski definition) is 1. The molecule has 0 radical (unpaired) electrons. The summed E-state index contributed by atoms with van der Waals surface area (Å²) in [6.07, 6.45) is 6.55. The van der Waals surface area contributed by atoms with Crippen molar-refractivity contribution in [3.63, 3.8) is 0 Å². The summed E-state index contributed by atoms with van der Waals surface area (Å²) in [5.41, 5.74) is 3.53. The van der Waals surface area contributed by atoms with Gasteiger partial charge in [0.05, 0.1) is 4.92 Å². The zero-order valence-corrected chi connectivity index (χ0v) is 10.2. The number of nitro groups is 1. The van der Waals surface area contributed by atoms with E-state index in [9.17, 15) is 10.1 Å². The number of nitrogens with one attached hydrogen (secondary N) is 1. The van der Waals surface area contributed by atoms with Crippen LogP contribution in [0.3, 0.4) is 0 Å². The van der Waals surface area contributed by atoms with Gasteiger partial charge in [-0.2, -0.15) is 0 Å². The number of nitrogens with zero attached hydrogens (tertiary/aromatic N) is 1. The lowest BCUT2D eigenvalue weighted by molar-refractivity contribution is -0.385. The molecule has 0 saturated carbocycles. The van der Waals surface area contributed by atoms with Crippen LogP contribution < -0.4 is 5.32 Å². The quantitative estimate of drug-likeness (QED) is 0.631. The van der Waals surface area contributed by atoms with Crippen LogP contribution in [0.25, 0.3) is 0 Å². The highest BCUT2D eigenvalue weighted by Gasteiger charge is 2.16. The van der Waals surface area contributed by atoms with Crippen molar-refractivity contribution < 1.29 is 4.92 Å². The highest BCUT2D eigenvalue weighted by atomic mass is 16.6. The van der Waals surface area contributed by atoms with Gasteiger partial charge in [0.15, 0.2) is 0 Å². The number of rotatable bonds is 2. The molecule has 2 rings (SSSR count). The predicted molar refractivity (Wildman–Crippen MR) is 68.5 cm³/mol. The highest BCUT2D eigenvalue weighted by Crippen LogP contribution is 2.31. The zero-order valence-electron chi connectivity index (χ0n) is 10.2. The molecule has 1 aliphatic rings. The number of anilines is 1. The third-order valence-corrected chi connectivity index (χ3v) is 3.39. The molecule has 0 saturated heterocycles. The second-order valence-electron chi connectivity index (χ2n) is 4.56. The first kappa shape index (κ1) is 11.9. The Morgan fingerprint density at radius 2 is 1.65 bits per heavy atom. The lowest BCUT2D eigenvalue weighted by Gasteiger charge is -2.13. The largest absolute Gasteiger partial charge is 0.388 e. The van der Waals surface area contributed by atoms with Gasteiger partial charge in [-0.15, -0.1) is 0 Å². The van der Waals surface area contributed by atoms with Crippen molar-refractivity contribution in [2.45, 2.75) is 38.5 Å². The SMILES string of the molecule is CNc1c2cc([N+](=O)[O-])cc1CCCCCC2. The van der Waals surface area contributed by atoms with E-state index >= 15 is 0 Å². The third-order valence-electron chi connectivity index (χ3n) is 3.39. The molecule has 17 heavy (non-hydrogen) atoms. The first-order valence-electron chi connectivity index (χ1n) is 6.20. The van der Waals surface area contributed by atoms with Crippen molar-refractivity contribution in [1.82, 2.24) is 0 Å². The van der Waals surface area contributed by atoms with Gasteiger partial charge in [0, 0.05) is 24.9 Å². The van der Waals surface area contributed by atoms with Crippen LogP contribution in [0.2, 0.25) is 0 Å². The average Bonchev–Trinajstić information content (AvgIpc) is 2.36. The minimum absolute atomic E-state index is 0.232. The maximum Gasteiger partial charge on any atom is 0.270 e. The molecule has 1 aromatic carbocycles. The van der Waals surface area contributed by atoms with E-state index in [-0.39, 0.29) is 10.6 Å². The first-order valence-corrected chi connectivity index (χ1v) is 6.20. The van der Waals surface area contributed by atoms with Crippen molar-refractivity contribution in [1.29, 1.82) is 0 Å². The molecular weight excluding hydrogens is 216 g/mol. The van der Waals surface area contributed by atoms with Gasteiger partial charge in [-0.25, -0.2) is 0 Å². The summed E-state index contributed by atoms with van der Waals surface area (Å²) < 4.78 is 0. The molecule has 0 amide bonds. The number of hydrogen-bond acceptors (Lipinski definition) is 3. The number of fused-ring (bicyclic) bond motifs is 2. The van der Waals surface area contributed by atoms with Gasteiger partial charge in [-0.3, -0.25) is 10.1 Å². The van der Waals surface area contributed by atoms with E-state index in [0.29, 0.717) is 0 Å². The van der Waals surface area contributed by atoms with E-state index in [0.717, 1.165) is 42.5 Å². The Kier molecular flexibility index (Phi) is 3.61. The molecule has 1 aromatic rings. The monoisotopic (exact) mass is 234 g/mol. The fourth-order valence-corrected chi connectivity index (χ4v) is 2.55. The van der Waals surface area contributed by atoms with Crippen LogP contribution >= 0.6 is 0 Å². The summed E-state index contributed by atoms with van der Waals surface area (Å²) in [5, 5.41) is 14.1. The lowest BCUT2D eigenvalue weighted by atomic mass is 10.0. The molecule has 0 atom stereocenters. The minimum Gasteiger partial charge on any atom is -0.388 e. The molecule has 2 bridgehead atoms.